The second kappa shape index (κ2) is 5.75. The molecule has 0 saturated heterocycles. The molecule has 0 heterocycles. The molecule has 2 aromatic carbocycles. The van der Waals surface area contributed by atoms with Gasteiger partial charge in [0.2, 0.25) is 0 Å². The minimum absolute atomic E-state index is 0.332. The van der Waals surface area contributed by atoms with Crippen LogP contribution in [0, 0.1) is 5.41 Å². The number of fused-ring (bicyclic) bond motifs is 1. The highest BCUT2D eigenvalue weighted by atomic mass is 14.9. The van der Waals surface area contributed by atoms with E-state index in [1.165, 1.54) is 16.3 Å². The van der Waals surface area contributed by atoms with Gasteiger partial charge in [0, 0.05) is 6.04 Å². The average Bonchev–Trinajstić information content (AvgIpc) is 2.36. The lowest BCUT2D eigenvalue weighted by Gasteiger charge is -2.27. The molecule has 102 valence electrons. The Bertz CT molecular complexity index is 537. The van der Waals surface area contributed by atoms with Gasteiger partial charge in [0.1, 0.15) is 0 Å². The molecule has 2 rings (SSSR count). The maximum atomic E-state index is 3.62. The zero-order valence-corrected chi connectivity index (χ0v) is 12.5. The molecular formula is C18H25N. The van der Waals surface area contributed by atoms with Crippen LogP contribution >= 0.6 is 0 Å². The highest BCUT2D eigenvalue weighted by Gasteiger charge is 2.19. The maximum Gasteiger partial charge on any atom is 0.0325 e. The Balaban J connectivity index is 2.33. The molecule has 1 N–H and O–H groups in total. The van der Waals surface area contributed by atoms with Crippen molar-refractivity contribution in [3.05, 3.63) is 48.0 Å². The lowest BCUT2D eigenvalue weighted by molar-refractivity contribution is 0.314. The van der Waals surface area contributed by atoms with Crippen molar-refractivity contribution < 1.29 is 0 Å². The second-order valence-corrected chi connectivity index (χ2v) is 6.48. The van der Waals surface area contributed by atoms with E-state index in [9.17, 15) is 0 Å². The van der Waals surface area contributed by atoms with Crippen LogP contribution in [0.25, 0.3) is 10.8 Å². The monoisotopic (exact) mass is 255 g/mol. The van der Waals surface area contributed by atoms with E-state index in [0.29, 0.717) is 11.5 Å². The predicted octanol–water partition coefficient (Wildman–Crippen LogP) is 4.93. The van der Waals surface area contributed by atoms with Gasteiger partial charge in [0.25, 0.3) is 0 Å². The Labute approximate surface area is 117 Å². The average molecular weight is 255 g/mol. The largest absolute Gasteiger partial charge is 0.310 e. The van der Waals surface area contributed by atoms with Crippen LogP contribution in [-0.4, -0.2) is 6.54 Å². The number of hydrogen-bond donors (Lipinski definition) is 1. The van der Waals surface area contributed by atoms with Crippen LogP contribution in [0.15, 0.2) is 42.5 Å². The number of benzene rings is 2. The van der Waals surface area contributed by atoms with E-state index in [1.807, 2.05) is 0 Å². The topological polar surface area (TPSA) is 12.0 Å². The first-order valence-electron chi connectivity index (χ1n) is 7.22. The van der Waals surface area contributed by atoms with Crippen LogP contribution in [0.4, 0.5) is 0 Å². The van der Waals surface area contributed by atoms with Crippen molar-refractivity contribution in [2.45, 2.75) is 40.2 Å². The van der Waals surface area contributed by atoms with Crippen molar-refractivity contribution in [1.29, 1.82) is 0 Å². The summed E-state index contributed by atoms with van der Waals surface area (Å²) >= 11 is 0. The first kappa shape index (κ1) is 14.1. The highest BCUT2D eigenvalue weighted by molar-refractivity contribution is 5.83. The Kier molecular flexibility index (Phi) is 4.26. The summed E-state index contributed by atoms with van der Waals surface area (Å²) in [5.74, 6) is 0. The molecule has 0 saturated carbocycles. The molecule has 19 heavy (non-hydrogen) atoms. The molecule has 0 fully saturated rings. The first-order chi connectivity index (χ1) is 8.99. The molecule has 0 spiro atoms. The fourth-order valence-electron chi connectivity index (χ4n) is 2.59. The Morgan fingerprint density at radius 3 is 2.32 bits per heavy atom. The Morgan fingerprint density at radius 1 is 1.00 bits per heavy atom. The smallest absolute Gasteiger partial charge is 0.0325 e. The van der Waals surface area contributed by atoms with E-state index in [4.69, 9.17) is 0 Å². The Morgan fingerprint density at radius 2 is 1.68 bits per heavy atom. The zero-order valence-electron chi connectivity index (χ0n) is 12.5. The van der Waals surface area contributed by atoms with Gasteiger partial charge in [0.05, 0.1) is 0 Å². The SMILES string of the molecule is CCNC(CC(C)(C)C)c1ccc2ccccc2c1. The first-order valence-corrected chi connectivity index (χ1v) is 7.22. The number of nitrogens with one attached hydrogen (secondary N) is 1. The van der Waals surface area contributed by atoms with Crippen molar-refractivity contribution in [3.63, 3.8) is 0 Å². The molecule has 0 aliphatic carbocycles. The van der Waals surface area contributed by atoms with Crippen LogP contribution in [-0.2, 0) is 0 Å². The van der Waals surface area contributed by atoms with Crippen LogP contribution < -0.4 is 5.32 Å². The maximum absolute atomic E-state index is 3.62. The van der Waals surface area contributed by atoms with Crippen molar-refractivity contribution in [3.8, 4) is 0 Å². The summed E-state index contributed by atoms with van der Waals surface area (Å²) in [7, 11) is 0. The minimum Gasteiger partial charge on any atom is -0.310 e. The standard InChI is InChI=1S/C18H25N/c1-5-19-17(13-18(2,3)4)16-11-10-14-8-6-7-9-15(14)12-16/h6-12,17,19H,5,13H2,1-4H3. The summed E-state index contributed by atoms with van der Waals surface area (Å²) in [4.78, 5) is 0. The van der Waals surface area contributed by atoms with Gasteiger partial charge in [-0.1, -0.05) is 64.1 Å². The molecular weight excluding hydrogens is 230 g/mol. The van der Waals surface area contributed by atoms with Crippen LogP contribution in [0.5, 0.6) is 0 Å². The summed E-state index contributed by atoms with van der Waals surface area (Å²) < 4.78 is 0. The lowest BCUT2D eigenvalue weighted by atomic mass is 9.85. The normalized spacial score (nSPS) is 13.7. The zero-order chi connectivity index (χ0) is 13.9. The van der Waals surface area contributed by atoms with Crippen molar-refractivity contribution in [2.75, 3.05) is 6.54 Å². The van der Waals surface area contributed by atoms with Gasteiger partial charge in [-0.15, -0.1) is 0 Å². The fraction of sp³-hybridized carbons (Fsp3) is 0.444. The summed E-state index contributed by atoms with van der Waals surface area (Å²) in [6, 6.07) is 15.8. The van der Waals surface area contributed by atoms with Crippen molar-refractivity contribution in [2.24, 2.45) is 5.41 Å². The van der Waals surface area contributed by atoms with E-state index in [-0.39, 0.29) is 0 Å². The number of rotatable bonds is 4. The molecule has 1 unspecified atom stereocenters. The fourth-order valence-corrected chi connectivity index (χ4v) is 2.59. The predicted molar refractivity (Wildman–Crippen MR) is 84.4 cm³/mol. The molecule has 1 nitrogen and oxygen atoms in total. The van der Waals surface area contributed by atoms with Crippen LogP contribution in [0.2, 0.25) is 0 Å². The van der Waals surface area contributed by atoms with E-state index >= 15 is 0 Å². The van der Waals surface area contributed by atoms with Crippen molar-refractivity contribution in [1.82, 2.24) is 5.32 Å². The Hall–Kier alpha value is -1.34. The number of hydrogen-bond acceptors (Lipinski definition) is 1. The van der Waals surface area contributed by atoms with E-state index in [0.717, 1.165) is 13.0 Å². The van der Waals surface area contributed by atoms with Gasteiger partial charge in [-0.2, -0.15) is 0 Å². The van der Waals surface area contributed by atoms with Gasteiger partial charge in [-0.05, 0) is 40.8 Å². The molecule has 1 heteroatoms. The molecule has 1 atom stereocenters. The summed E-state index contributed by atoms with van der Waals surface area (Å²) in [5, 5.41) is 6.27. The molecule has 0 aliphatic rings. The van der Waals surface area contributed by atoms with Gasteiger partial charge in [-0.3, -0.25) is 0 Å². The molecule has 0 amide bonds. The van der Waals surface area contributed by atoms with Crippen LogP contribution in [0.3, 0.4) is 0 Å². The summed E-state index contributed by atoms with van der Waals surface area (Å²) in [6.45, 7) is 10.1. The molecule has 0 radical (unpaired) electrons. The minimum atomic E-state index is 0.332. The molecule has 0 aliphatic heterocycles. The third-order valence-electron chi connectivity index (χ3n) is 3.44. The molecule has 2 aromatic rings. The van der Waals surface area contributed by atoms with E-state index in [1.54, 1.807) is 0 Å². The highest BCUT2D eigenvalue weighted by Crippen LogP contribution is 2.30. The third-order valence-corrected chi connectivity index (χ3v) is 3.44. The van der Waals surface area contributed by atoms with E-state index < -0.39 is 0 Å². The van der Waals surface area contributed by atoms with Gasteiger partial charge in [-0.25, -0.2) is 0 Å². The van der Waals surface area contributed by atoms with Gasteiger partial charge in [0.15, 0.2) is 0 Å². The lowest BCUT2D eigenvalue weighted by Crippen LogP contribution is -2.25. The van der Waals surface area contributed by atoms with E-state index in [2.05, 4.69) is 75.5 Å². The molecule has 0 bridgehead atoms. The summed E-state index contributed by atoms with van der Waals surface area (Å²) in [5.41, 5.74) is 1.73. The quantitative estimate of drug-likeness (QED) is 0.817. The second-order valence-electron chi connectivity index (χ2n) is 6.48. The summed E-state index contributed by atoms with van der Waals surface area (Å²) in [6.07, 6.45) is 1.15. The van der Waals surface area contributed by atoms with Crippen LogP contribution in [0.1, 0.15) is 45.7 Å². The third kappa shape index (κ3) is 3.81. The van der Waals surface area contributed by atoms with Gasteiger partial charge < -0.3 is 5.32 Å². The van der Waals surface area contributed by atoms with Gasteiger partial charge >= 0.3 is 0 Å². The van der Waals surface area contributed by atoms with Crippen molar-refractivity contribution >= 4 is 10.8 Å². The molecule has 0 aromatic heterocycles.